The van der Waals surface area contributed by atoms with Gasteiger partial charge in [-0.2, -0.15) is 4.31 Å². The fourth-order valence-corrected chi connectivity index (χ4v) is 5.35. The zero-order chi connectivity index (χ0) is 24.2. The van der Waals surface area contributed by atoms with E-state index in [0.717, 1.165) is 35.7 Å². The molecule has 0 radical (unpaired) electrons. The van der Waals surface area contributed by atoms with Crippen LogP contribution in [0.25, 0.3) is 0 Å². The second-order valence-electron chi connectivity index (χ2n) is 9.31. The molecule has 2 heterocycles. The summed E-state index contributed by atoms with van der Waals surface area (Å²) in [6, 6.07) is 6.51. The van der Waals surface area contributed by atoms with E-state index in [1.54, 1.807) is 18.3 Å². The van der Waals surface area contributed by atoms with Crippen molar-refractivity contribution >= 4 is 15.8 Å². The molecule has 1 aromatic carbocycles. The fraction of sp³-hybridized carbons (Fsp3) is 0.600. The minimum Gasteiger partial charge on any atom is -0.378 e. The van der Waals surface area contributed by atoms with E-state index in [1.165, 1.54) is 16.7 Å². The number of aromatic nitrogens is 2. The molecule has 1 aromatic heterocycles. The highest BCUT2D eigenvalue weighted by molar-refractivity contribution is 7.89. The van der Waals surface area contributed by atoms with E-state index < -0.39 is 10.0 Å². The number of aryl methyl sites for hydroxylation is 2. The Bertz CT molecular complexity index is 1060. The first-order chi connectivity index (χ1) is 15.6. The van der Waals surface area contributed by atoms with Gasteiger partial charge in [0.2, 0.25) is 10.0 Å². The molecule has 1 aliphatic heterocycles. The fourth-order valence-electron chi connectivity index (χ4n) is 4.26. The number of methoxy groups -OCH3 is 1. The second kappa shape index (κ2) is 10.9. The minimum absolute atomic E-state index is 0.134. The van der Waals surface area contributed by atoms with Crippen LogP contribution >= 0.6 is 0 Å². The number of anilines is 1. The van der Waals surface area contributed by atoms with Crippen LogP contribution in [0.15, 0.2) is 18.2 Å². The Labute approximate surface area is 199 Å². The summed E-state index contributed by atoms with van der Waals surface area (Å²) in [7, 11) is -1.49. The Morgan fingerprint density at radius 2 is 1.79 bits per heavy atom. The third-order valence-corrected chi connectivity index (χ3v) is 8.04. The van der Waals surface area contributed by atoms with Crippen molar-refractivity contribution in [1.82, 2.24) is 14.3 Å². The van der Waals surface area contributed by atoms with E-state index in [-0.39, 0.29) is 5.75 Å². The summed E-state index contributed by atoms with van der Waals surface area (Å²) >= 11 is 0. The highest BCUT2D eigenvalue weighted by Crippen LogP contribution is 2.28. The maximum Gasteiger partial charge on any atom is 0.213 e. The first-order valence-corrected chi connectivity index (χ1v) is 13.4. The van der Waals surface area contributed by atoms with E-state index in [9.17, 15) is 8.42 Å². The maximum atomic E-state index is 12.4. The zero-order valence-corrected chi connectivity index (χ0v) is 21.7. The lowest BCUT2D eigenvalue weighted by atomic mass is 9.97. The Morgan fingerprint density at radius 3 is 2.39 bits per heavy atom. The van der Waals surface area contributed by atoms with Crippen LogP contribution in [0.3, 0.4) is 0 Å². The summed E-state index contributed by atoms with van der Waals surface area (Å²) in [6.45, 7) is 12.9. The first-order valence-electron chi connectivity index (χ1n) is 11.8. The van der Waals surface area contributed by atoms with Crippen molar-refractivity contribution in [2.75, 3.05) is 43.9 Å². The molecule has 1 aliphatic rings. The van der Waals surface area contributed by atoms with Crippen LogP contribution in [0, 0.1) is 19.8 Å². The van der Waals surface area contributed by atoms with Gasteiger partial charge in [0.25, 0.3) is 0 Å². The third-order valence-electron chi connectivity index (χ3n) is 6.16. The van der Waals surface area contributed by atoms with Crippen LogP contribution in [-0.2, 0) is 34.2 Å². The quantitative estimate of drug-likeness (QED) is 0.554. The molecule has 3 rings (SSSR count). The van der Waals surface area contributed by atoms with Crippen LogP contribution in [0.2, 0.25) is 0 Å². The Morgan fingerprint density at radius 1 is 1.09 bits per heavy atom. The van der Waals surface area contributed by atoms with E-state index in [0.29, 0.717) is 38.7 Å². The summed E-state index contributed by atoms with van der Waals surface area (Å²) in [5, 5.41) is 0. The predicted octanol–water partition coefficient (Wildman–Crippen LogP) is 3.50. The molecular formula is C25H38N4O3S. The molecule has 1 fully saturated rings. The zero-order valence-electron chi connectivity index (χ0n) is 20.9. The smallest absolute Gasteiger partial charge is 0.213 e. The number of nitrogens with zero attached hydrogens (tertiary/aromatic N) is 4. The summed E-state index contributed by atoms with van der Waals surface area (Å²) in [5.41, 5.74) is 5.70. The average Bonchev–Trinajstić information content (AvgIpc) is 2.77. The number of hydrogen-bond donors (Lipinski definition) is 0. The van der Waals surface area contributed by atoms with Crippen molar-refractivity contribution in [1.29, 1.82) is 0 Å². The predicted molar refractivity (Wildman–Crippen MR) is 133 cm³/mol. The van der Waals surface area contributed by atoms with Crippen molar-refractivity contribution in [3.05, 3.63) is 52.0 Å². The molecule has 0 amide bonds. The molecule has 0 saturated carbocycles. The lowest BCUT2D eigenvalue weighted by molar-refractivity contribution is 0.180. The third kappa shape index (κ3) is 6.31. The van der Waals surface area contributed by atoms with Gasteiger partial charge >= 0.3 is 0 Å². The highest BCUT2D eigenvalue weighted by atomic mass is 32.2. The Kier molecular flexibility index (Phi) is 8.48. The van der Waals surface area contributed by atoms with Gasteiger partial charge in [0.05, 0.1) is 18.1 Å². The summed E-state index contributed by atoms with van der Waals surface area (Å²) in [5.74, 6) is 2.31. The number of benzene rings is 1. The number of hydrogen-bond acceptors (Lipinski definition) is 6. The molecule has 2 aromatic rings. The number of rotatable bonds is 9. The van der Waals surface area contributed by atoms with E-state index >= 15 is 0 Å². The first kappa shape index (κ1) is 25.6. The lowest BCUT2D eigenvalue weighted by Crippen LogP contribution is -2.49. The van der Waals surface area contributed by atoms with Gasteiger partial charge in [0, 0.05) is 51.7 Å². The summed E-state index contributed by atoms with van der Waals surface area (Å²) in [4.78, 5) is 12.2. The van der Waals surface area contributed by atoms with Crippen LogP contribution in [0.5, 0.6) is 0 Å². The SMILES string of the molecule is CCS(=O)(=O)N1CCN(c2nc(CC(C)C)nc(COC)c2Cc2cc(C)ccc2C)CC1. The minimum atomic E-state index is -3.18. The van der Waals surface area contributed by atoms with Gasteiger partial charge < -0.3 is 9.64 Å². The van der Waals surface area contributed by atoms with Gasteiger partial charge in [0.1, 0.15) is 11.6 Å². The van der Waals surface area contributed by atoms with Gasteiger partial charge in [-0.3, -0.25) is 0 Å². The topological polar surface area (TPSA) is 75.6 Å². The van der Waals surface area contributed by atoms with Crippen LogP contribution in [0.1, 0.15) is 54.5 Å². The Balaban J connectivity index is 2.03. The van der Waals surface area contributed by atoms with Crippen LogP contribution in [0.4, 0.5) is 5.82 Å². The van der Waals surface area contributed by atoms with Crippen molar-refractivity contribution in [2.45, 2.75) is 54.1 Å². The number of sulfonamides is 1. The van der Waals surface area contributed by atoms with Crippen LogP contribution in [-0.4, -0.2) is 61.7 Å². The van der Waals surface area contributed by atoms with E-state index in [1.807, 2.05) is 0 Å². The maximum absolute atomic E-state index is 12.4. The highest BCUT2D eigenvalue weighted by Gasteiger charge is 2.28. The molecule has 1 saturated heterocycles. The van der Waals surface area contributed by atoms with Crippen molar-refractivity contribution < 1.29 is 13.2 Å². The molecule has 0 N–H and O–H groups in total. The average molecular weight is 475 g/mol. The molecule has 182 valence electrons. The molecule has 0 spiro atoms. The molecule has 7 nitrogen and oxygen atoms in total. The second-order valence-corrected chi connectivity index (χ2v) is 11.6. The van der Waals surface area contributed by atoms with Crippen molar-refractivity contribution in [2.24, 2.45) is 5.92 Å². The van der Waals surface area contributed by atoms with Gasteiger partial charge in [-0.25, -0.2) is 18.4 Å². The molecule has 0 bridgehead atoms. The van der Waals surface area contributed by atoms with Gasteiger partial charge in [-0.05, 0) is 37.8 Å². The molecule has 0 aliphatic carbocycles. The lowest BCUT2D eigenvalue weighted by Gasteiger charge is -2.36. The van der Waals surface area contributed by atoms with Crippen molar-refractivity contribution in [3.63, 3.8) is 0 Å². The van der Waals surface area contributed by atoms with Gasteiger partial charge in [0.15, 0.2) is 0 Å². The molecule has 0 atom stereocenters. The van der Waals surface area contributed by atoms with Crippen molar-refractivity contribution in [3.8, 4) is 0 Å². The molecule has 33 heavy (non-hydrogen) atoms. The normalized spacial score (nSPS) is 15.4. The summed E-state index contributed by atoms with van der Waals surface area (Å²) in [6.07, 6.45) is 1.51. The van der Waals surface area contributed by atoms with Gasteiger partial charge in [-0.15, -0.1) is 0 Å². The summed E-state index contributed by atoms with van der Waals surface area (Å²) < 4.78 is 31.8. The van der Waals surface area contributed by atoms with E-state index in [4.69, 9.17) is 14.7 Å². The van der Waals surface area contributed by atoms with Gasteiger partial charge in [-0.1, -0.05) is 37.6 Å². The van der Waals surface area contributed by atoms with E-state index in [2.05, 4.69) is 50.8 Å². The van der Waals surface area contributed by atoms with Crippen LogP contribution < -0.4 is 4.90 Å². The standard InChI is InChI=1S/C25H38N4O3S/c1-7-33(30,31)29-12-10-28(11-13-29)25-22(16-21-15-19(4)8-9-20(21)5)23(17-32-6)26-24(27-25)14-18(2)3/h8-9,15,18H,7,10-14,16-17H2,1-6H3. The largest absolute Gasteiger partial charge is 0.378 e. The molecule has 0 unspecified atom stereocenters. The molecule has 8 heteroatoms. The number of ether oxygens (including phenoxy) is 1. The molecular weight excluding hydrogens is 436 g/mol. The monoisotopic (exact) mass is 474 g/mol. The number of piperazine rings is 1. The Hall–Kier alpha value is -2.03.